The number of ether oxygens (including phenoxy) is 1. The number of aliphatic carboxylic acids is 1. The maximum Gasteiger partial charge on any atom is 0.311 e. The Hall–Kier alpha value is -1.36. The van der Waals surface area contributed by atoms with E-state index in [1.54, 1.807) is 11.4 Å². The van der Waals surface area contributed by atoms with E-state index < -0.39 is 12.4 Å². The zero-order chi connectivity index (χ0) is 20.5. The normalized spacial score (nSPS) is 10.9. The Labute approximate surface area is 174 Å². The van der Waals surface area contributed by atoms with Crippen LogP contribution in [0.15, 0.2) is 11.4 Å². The van der Waals surface area contributed by atoms with Gasteiger partial charge in [-0.2, -0.15) is 0 Å². The zero-order valence-electron chi connectivity index (χ0n) is 17.5. The van der Waals surface area contributed by atoms with Crippen molar-refractivity contribution in [1.29, 1.82) is 0 Å². The van der Waals surface area contributed by atoms with Gasteiger partial charge in [0.05, 0.1) is 6.61 Å². The van der Waals surface area contributed by atoms with E-state index in [9.17, 15) is 9.59 Å². The number of carbonyl (C=O) groups excluding carboxylic acids is 1. The highest BCUT2D eigenvalue weighted by Gasteiger charge is 2.13. The van der Waals surface area contributed by atoms with Crippen LogP contribution in [-0.4, -0.2) is 23.5 Å². The zero-order valence-corrected chi connectivity index (χ0v) is 18.4. The van der Waals surface area contributed by atoms with Gasteiger partial charge < -0.3 is 9.84 Å². The molecule has 0 amide bonds. The molecular weight excluding hydrogens is 372 g/mol. The van der Waals surface area contributed by atoms with Crippen molar-refractivity contribution in [3.8, 4) is 5.06 Å². The smallest absolute Gasteiger partial charge is 0.311 e. The second-order valence-electron chi connectivity index (χ2n) is 7.59. The van der Waals surface area contributed by atoms with Gasteiger partial charge in [-0.25, -0.2) is 0 Å². The number of carboxylic acids is 1. The summed E-state index contributed by atoms with van der Waals surface area (Å²) in [5.74, 6) is -1.46. The van der Waals surface area contributed by atoms with E-state index in [0.29, 0.717) is 17.2 Å². The molecule has 0 saturated carbocycles. The second-order valence-corrected chi connectivity index (χ2v) is 8.47. The summed E-state index contributed by atoms with van der Waals surface area (Å²) >= 11 is 1.36. The Kier molecular flexibility index (Phi) is 14.6. The van der Waals surface area contributed by atoms with Gasteiger partial charge in [-0.15, -0.1) is 11.3 Å². The maximum atomic E-state index is 11.7. The number of hydrogen-bond acceptors (Lipinski definition) is 4. The van der Waals surface area contributed by atoms with Crippen LogP contribution in [0.4, 0.5) is 0 Å². The van der Waals surface area contributed by atoms with Gasteiger partial charge in [0.25, 0.3) is 0 Å². The lowest BCUT2D eigenvalue weighted by Crippen LogP contribution is -2.05. The maximum absolute atomic E-state index is 11.7. The quantitative estimate of drug-likeness (QED) is 0.148. The molecule has 5 heteroatoms. The number of hydrogen-bond donors (Lipinski definition) is 1. The fourth-order valence-corrected chi connectivity index (χ4v) is 4.04. The molecule has 0 spiro atoms. The molecule has 0 saturated heterocycles. The average molecular weight is 411 g/mol. The van der Waals surface area contributed by atoms with Crippen molar-refractivity contribution in [1.82, 2.24) is 0 Å². The summed E-state index contributed by atoms with van der Waals surface area (Å²) < 4.78 is 5.67. The molecule has 1 rings (SSSR count). The first-order valence-electron chi connectivity index (χ1n) is 11.1. The van der Waals surface area contributed by atoms with E-state index in [0.717, 1.165) is 6.42 Å². The van der Waals surface area contributed by atoms with Gasteiger partial charge in [0.1, 0.15) is 6.42 Å². The van der Waals surface area contributed by atoms with Gasteiger partial charge in [0.15, 0.2) is 10.8 Å². The van der Waals surface area contributed by atoms with Gasteiger partial charge in [0, 0.05) is 17.0 Å². The summed E-state index contributed by atoms with van der Waals surface area (Å²) in [5, 5.41) is 11.0. The van der Waals surface area contributed by atoms with E-state index in [-0.39, 0.29) is 5.78 Å². The van der Waals surface area contributed by atoms with Gasteiger partial charge in [0.2, 0.25) is 0 Å². The molecule has 0 aromatic carbocycles. The molecule has 0 bridgehead atoms. The lowest BCUT2D eigenvalue weighted by molar-refractivity contribution is -0.135. The van der Waals surface area contributed by atoms with E-state index in [1.165, 1.54) is 94.8 Å². The Morgan fingerprint density at radius 2 is 1.36 bits per heavy atom. The second kappa shape index (κ2) is 16.6. The van der Waals surface area contributed by atoms with Crippen LogP contribution >= 0.6 is 11.3 Å². The molecule has 1 N–H and O–H groups in total. The van der Waals surface area contributed by atoms with Crippen LogP contribution in [0.5, 0.6) is 5.06 Å². The van der Waals surface area contributed by atoms with Crippen LogP contribution in [0.1, 0.15) is 114 Å². The molecule has 0 atom stereocenters. The summed E-state index contributed by atoms with van der Waals surface area (Å²) in [6.07, 6.45) is 18.2. The monoisotopic (exact) mass is 410 g/mol. The van der Waals surface area contributed by atoms with E-state index in [1.807, 2.05) is 0 Å². The molecule has 0 unspecified atom stereocenters. The van der Waals surface area contributed by atoms with Gasteiger partial charge in [-0.05, 0) is 6.42 Å². The van der Waals surface area contributed by atoms with Crippen LogP contribution in [0.25, 0.3) is 0 Å². The molecule has 28 heavy (non-hydrogen) atoms. The van der Waals surface area contributed by atoms with Crippen molar-refractivity contribution in [3.05, 3.63) is 17.0 Å². The standard InChI is InChI=1S/C23H38O4S/c1-2-3-4-5-6-7-8-9-10-11-12-13-14-15-16-27-23-17-20(19-28-23)21(24)18-22(25)26/h17,19H,2-16,18H2,1H3,(H,25,26). The Bertz CT molecular complexity index is 538. The van der Waals surface area contributed by atoms with Crippen LogP contribution in [0, 0.1) is 0 Å². The van der Waals surface area contributed by atoms with Crippen LogP contribution in [0.2, 0.25) is 0 Å². The Morgan fingerprint density at radius 1 is 0.857 bits per heavy atom. The summed E-state index contributed by atoms with van der Waals surface area (Å²) in [5.41, 5.74) is 0.434. The van der Waals surface area contributed by atoms with E-state index in [2.05, 4.69) is 6.92 Å². The fourth-order valence-electron chi connectivity index (χ4n) is 3.25. The largest absolute Gasteiger partial charge is 0.484 e. The number of carbonyl (C=O) groups is 2. The predicted molar refractivity (Wildman–Crippen MR) is 117 cm³/mol. The van der Waals surface area contributed by atoms with Crippen molar-refractivity contribution in [3.63, 3.8) is 0 Å². The molecule has 160 valence electrons. The third kappa shape index (κ3) is 12.9. The van der Waals surface area contributed by atoms with Crippen molar-refractivity contribution in [2.24, 2.45) is 0 Å². The third-order valence-electron chi connectivity index (χ3n) is 4.95. The Balaban J connectivity index is 1.89. The number of ketones is 1. The molecule has 4 nitrogen and oxygen atoms in total. The lowest BCUT2D eigenvalue weighted by Gasteiger charge is -2.04. The van der Waals surface area contributed by atoms with E-state index in [4.69, 9.17) is 9.84 Å². The number of carboxylic acid groups (broad SMARTS) is 1. The molecule has 0 fully saturated rings. The molecule has 1 heterocycles. The highest BCUT2D eigenvalue weighted by molar-refractivity contribution is 7.12. The van der Waals surface area contributed by atoms with Crippen LogP contribution in [-0.2, 0) is 4.79 Å². The molecule has 1 aromatic heterocycles. The highest BCUT2D eigenvalue weighted by atomic mass is 32.1. The molecule has 1 aromatic rings. The molecule has 0 radical (unpaired) electrons. The summed E-state index contributed by atoms with van der Waals surface area (Å²) in [7, 11) is 0. The summed E-state index contributed by atoms with van der Waals surface area (Å²) in [4.78, 5) is 22.2. The van der Waals surface area contributed by atoms with Crippen molar-refractivity contribution >= 4 is 23.1 Å². The Morgan fingerprint density at radius 3 is 1.86 bits per heavy atom. The topological polar surface area (TPSA) is 63.6 Å². The number of unbranched alkanes of at least 4 members (excludes halogenated alkanes) is 13. The predicted octanol–water partition coefficient (Wildman–Crippen LogP) is 7.27. The van der Waals surface area contributed by atoms with E-state index >= 15 is 0 Å². The summed E-state index contributed by atoms with van der Waals surface area (Å²) in [6, 6.07) is 1.65. The lowest BCUT2D eigenvalue weighted by atomic mass is 10.0. The first kappa shape index (κ1) is 24.7. The number of Topliss-reactive ketones (excluding diaryl/α,β-unsaturated/α-hetero) is 1. The third-order valence-corrected chi connectivity index (χ3v) is 5.79. The van der Waals surface area contributed by atoms with Crippen molar-refractivity contribution in [2.75, 3.05) is 6.61 Å². The van der Waals surface area contributed by atoms with Crippen LogP contribution < -0.4 is 4.74 Å². The first-order chi connectivity index (χ1) is 13.6. The van der Waals surface area contributed by atoms with Crippen LogP contribution in [0.3, 0.4) is 0 Å². The summed E-state index contributed by atoms with van der Waals surface area (Å²) in [6.45, 7) is 2.92. The number of rotatable bonds is 19. The molecule has 0 aliphatic carbocycles. The fraction of sp³-hybridized carbons (Fsp3) is 0.739. The van der Waals surface area contributed by atoms with Gasteiger partial charge >= 0.3 is 5.97 Å². The van der Waals surface area contributed by atoms with Crippen molar-refractivity contribution < 1.29 is 19.4 Å². The minimum Gasteiger partial charge on any atom is -0.484 e. The highest BCUT2D eigenvalue weighted by Crippen LogP contribution is 2.24. The molecule has 0 aliphatic rings. The SMILES string of the molecule is CCCCCCCCCCCCCCCCOc1cc(C(=O)CC(=O)O)cs1. The minimum atomic E-state index is -1.10. The van der Waals surface area contributed by atoms with Gasteiger partial charge in [-0.3, -0.25) is 9.59 Å². The minimum absolute atomic E-state index is 0.366. The molecular formula is C23H38O4S. The number of thiophene rings is 1. The van der Waals surface area contributed by atoms with Crippen molar-refractivity contribution in [2.45, 2.75) is 103 Å². The first-order valence-corrected chi connectivity index (χ1v) is 12.0. The van der Waals surface area contributed by atoms with Gasteiger partial charge in [-0.1, -0.05) is 90.4 Å². The molecule has 0 aliphatic heterocycles. The average Bonchev–Trinajstić information content (AvgIpc) is 3.13.